The highest BCUT2D eigenvalue weighted by Crippen LogP contribution is 2.62. The average molecular weight is 150 g/mol. The Labute approximate surface area is 69.7 Å². The molecule has 0 heterocycles. The van der Waals surface area contributed by atoms with Crippen LogP contribution in [0, 0.1) is 17.3 Å². The molecule has 0 aliphatic heterocycles. The lowest BCUT2D eigenvalue weighted by Gasteiger charge is -2.26. The fraction of sp³-hybridized carbons (Fsp3) is 0.818. The van der Waals surface area contributed by atoms with Gasteiger partial charge in [0.2, 0.25) is 0 Å². The predicted molar refractivity (Wildman–Crippen MR) is 48.4 cm³/mol. The first-order valence-electron chi connectivity index (χ1n) is 4.77. The van der Waals surface area contributed by atoms with Gasteiger partial charge in [-0.3, -0.25) is 0 Å². The second-order valence-corrected chi connectivity index (χ2v) is 4.88. The quantitative estimate of drug-likeness (QED) is 0.503. The first-order valence-corrected chi connectivity index (χ1v) is 4.77. The van der Waals surface area contributed by atoms with Crippen LogP contribution >= 0.6 is 0 Å². The summed E-state index contributed by atoms with van der Waals surface area (Å²) in [7, 11) is 0. The Hall–Kier alpha value is -0.260. The van der Waals surface area contributed by atoms with Crippen LogP contribution in [0.4, 0.5) is 0 Å². The van der Waals surface area contributed by atoms with Gasteiger partial charge in [0.25, 0.3) is 0 Å². The molecule has 2 rings (SSSR count). The molecule has 2 fully saturated rings. The van der Waals surface area contributed by atoms with Crippen LogP contribution in [-0.2, 0) is 0 Å². The molecular weight excluding hydrogens is 132 g/mol. The number of fused-ring (bicyclic) bond motifs is 1. The fourth-order valence-corrected chi connectivity index (χ4v) is 2.69. The van der Waals surface area contributed by atoms with E-state index in [0.717, 1.165) is 17.3 Å². The van der Waals surface area contributed by atoms with E-state index < -0.39 is 0 Å². The molecule has 0 bridgehead atoms. The van der Waals surface area contributed by atoms with E-state index in [1.54, 1.807) is 0 Å². The molecule has 2 aliphatic carbocycles. The standard InChI is InChI=1S/C11H18/c1-8(2)9-4-5-10-7-11(10,3)6-9/h9-10H,1,4-7H2,2-3H3. The van der Waals surface area contributed by atoms with Gasteiger partial charge in [0, 0.05) is 0 Å². The Bertz CT molecular complexity index is 192. The summed E-state index contributed by atoms with van der Waals surface area (Å²) in [6.07, 6.45) is 5.80. The Morgan fingerprint density at radius 3 is 2.64 bits per heavy atom. The van der Waals surface area contributed by atoms with Gasteiger partial charge in [0.15, 0.2) is 0 Å². The van der Waals surface area contributed by atoms with Crippen LogP contribution in [0.25, 0.3) is 0 Å². The van der Waals surface area contributed by atoms with Crippen molar-refractivity contribution in [3.8, 4) is 0 Å². The number of rotatable bonds is 1. The molecule has 0 saturated heterocycles. The smallest absolute Gasteiger partial charge is 0.0203 e. The third-order valence-corrected chi connectivity index (χ3v) is 3.81. The minimum atomic E-state index is 0.738. The van der Waals surface area contributed by atoms with Gasteiger partial charge in [-0.25, -0.2) is 0 Å². The molecule has 0 radical (unpaired) electrons. The van der Waals surface area contributed by atoms with E-state index >= 15 is 0 Å². The van der Waals surface area contributed by atoms with E-state index in [4.69, 9.17) is 0 Å². The monoisotopic (exact) mass is 150 g/mol. The van der Waals surface area contributed by atoms with Gasteiger partial charge in [-0.15, -0.1) is 0 Å². The van der Waals surface area contributed by atoms with Crippen molar-refractivity contribution in [2.75, 3.05) is 0 Å². The molecule has 3 unspecified atom stereocenters. The van der Waals surface area contributed by atoms with Gasteiger partial charge in [-0.2, -0.15) is 0 Å². The van der Waals surface area contributed by atoms with Crippen molar-refractivity contribution in [2.45, 2.75) is 39.5 Å². The van der Waals surface area contributed by atoms with E-state index in [-0.39, 0.29) is 0 Å². The summed E-state index contributed by atoms with van der Waals surface area (Å²) in [5.74, 6) is 1.93. The molecule has 0 heteroatoms. The van der Waals surface area contributed by atoms with Crippen molar-refractivity contribution in [1.82, 2.24) is 0 Å². The average Bonchev–Trinajstić information content (AvgIpc) is 2.58. The number of allylic oxidation sites excluding steroid dienone is 1. The van der Waals surface area contributed by atoms with E-state index in [1.165, 1.54) is 31.3 Å². The van der Waals surface area contributed by atoms with E-state index in [2.05, 4.69) is 20.4 Å². The third-order valence-electron chi connectivity index (χ3n) is 3.81. The summed E-state index contributed by atoms with van der Waals surface area (Å²) >= 11 is 0. The first kappa shape index (κ1) is 7.39. The lowest BCUT2D eigenvalue weighted by Crippen LogP contribution is -2.15. The molecule has 0 aromatic heterocycles. The molecule has 2 aliphatic rings. The Balaban J connectivity index is 2.02. The lowest BCUT2D eigenvalue weighted by molar-refractivity contribution is 0.299. The molecule has 0 N–H and O–H groups in total. The third kappa shape index (κ3) is 1.13. The van der Waals surface area contributed by atoms with Crippen molar-refractivity contribution in [3.63, 3.8) is 0 Å². The lowest BCUT2D eigenvalue weighted by atomic mass is 9.79. The van der Waals surface area contributed by atoms with Gasteiger partial charge >= 0.3 is 0 Å². The van der Waals surface area contributed by atoms with Crippen LogP contribution < -0.4 is 0 Å². The molecular formula is C11H18. The van der Waals surface area contributed by atoms with Crippen LogP contribution in [0.2, 0.25) is 0 Å². The van der Waals surface area contributed by atoms with Crippen molar-refractivity contribution in [3.05, 3.63) is 12.2 Å². The molecule has 0 amide bonds. The van der Waals surface area contributed by atoms with Crippen LogP contribution in [0.15, 0.2) is 12.2 Å². The number of hydrogen-bond acceptors (Lipinski definition) is 0. The van der Waals surface area contributed by atoms with Crippen molar-refractivity contribution < 1.29 is 0 Å². The molecule has 0 aromatic carbocycles. The normalized spacial score (nSPS) is 48.2. The largest absolute Gasteiger partial charge is 0.0999 e. The van der Waals surface area contributed by atoms with Crippen LogP contribution in [0.5, 0.6) is 0 Å². The molecule has 11 heavy (non-hydrogen) atoms. The highest BCUT2D eigenvalue weighted by Gasteiger charge is 2.52. The second-order valence-electron chi connectivity index (χ2n) is 4.88. The highest BCUT2D eigenvalue weighted by molar-refractivity contribution is 5.09. The molecule has 2 saturated carbocycles. The van der Waals surface area contributed by atoms with Crippen LogP contribution in [-0.4, -0.2) is 0 Å². The molecule has 0 aromatic rings. The minimum Gasteiger partial charge on any atom is -0.0999 e. The van der Waals surface area contributed by atoms with Gasteiger partial charge in [0.05, 0.1) is 0 Å². The molecule has 62 valence electrons. The summed E-state index contributed by atoms with van der Waals surface area (Å²) in [5.41, 5.74) is 2.15. The summed E-state index contributed by atoms with van der Waals surface area (Å²) in [6.45, 7) is 8.71. The summed E-state index contributed by atoms with van der Waals surface area (Å²) in [5, 5.41) is 0. The van der Waals surface area contributed by atoms with Crippen molar-refractivity contribution in [1.29, 1.82) is 0 Å². The van der Waals surface area contributed by atoms with Gasteiger partial charge < -0.3 is 0 Å². The molecule has 0 spiro atoms. The Morgan fingerprint density at radius 1 is 1.36 bits per heavy atom. The maximum absolute atomic E-state index is 4.06. The fourth-order valence-electron chi connectivity index (χ4n) is 2.69. The van der Waals surface area contributed by atoms with Crippen molar-refractivity contribution >= 4 is 0 Å². The van der Waals surface area contributed by atoms with Gasteiger partial charge in [0.1, 0.15) is 0 Å². The van der Waals surface area contributed by atoms with E-state index in [0.29, 0.717) is 0 Å². The van der Waals surface area contributed by atoms with Crippen LogP contribution in [0.3, 0.4) is 0 Å². The zero-order chi connectivity index (χ0) is 8.06. The zero-order valence-electron chi connectivity index (χ0n) is 7.69. The summed E-state index contributed by atoms with van der Waals surface area (Å²) in [6, 6.07) is 0. The Kier molecular flexibility index (Phi) is 1.42. The van der Waals surface area contributed by atoms with Gasteiger partial charge in [-0.1, -0.05) is 19.1 Å². The first-order chi connectivity index (χ1) is 5.12. The molecule has 0 nitrogen and oxygen atoms in total. The summed E-state index contributed by atoms with van der Waals surface area (Å²) in [4.78, 5) is 0. The van der Waals surface area contributed by atoms with E-state index in [9.17, 15) is 0 Å². The zero-order valence-corrected chi connectivity index (χ0v) is 7.69. The van der Waals surface area contributed by atoms with E-state index in [1.807, 2.05) is 0 Å². The molecule has 3 atom stereocenters. The predicted octanol–water partition coefficient (Wildman–Crippen LogP) is 3.39. The maximum Gasteiger partial charge on any atom is -0.0203 e. The maximum atomic E-state index is 4.06. The topological polar surface area (TPSA) is 0 Å². The summed E-state index contributed by atoms with van der Waals surface area (Å²) < 4.78 is 0. The SMILES string of the molecule is C=C(C)C1CCC2CC2(C)C1. The number of hydrogen-bond donors (Lipinski definition) is 0. The van der Waals surface area contributed by atoms with Crippen molar-refractivity contribution in [2.24, 2.45) is 17.3 Å². The Morgan fingerprint density at radius 2 is 2.09 bits per heavy atom. The van der Waals surface area contributed by atoms with Crippen LogP contribution in [0.1, 0.15) is 39.5 Å². The highest BCUT2D eigenvalue weighted by atomic mass is 14.6. The second kappa shape index (κ2) is 2.12. The minimum absolute atomic E-state index is 0.738. The van der Waals surface area contributed by atoms with Gasteiger partial charge in [-0.05, 0) is 49.9 Å².